The third-order valence-corrected chi connectivity index (χ3v) is 7.42. The van der Waals surface area contributed by atoms with E-state index in [9.17, 15) is 4.39 Å². The number of rotatable bonds is 8. The van der Waals surface area contributed by atoms with Crippen molar-refractivity contribution in [2.24, 2.45) is 30.5 Å². The van der Waals surface area contributed by atoms with Crippen LogP contribution in [0.25, 0.3) is 10.9 Å². The number of halogens is 4. The quantitative estimate of drug-likeness (QED) is 0.256. The molecule has 186 valence electrons. The van der Waals surface area contributed by atoms with Crippen molar-refractivity contribution in [3.05, 3.63) is 77.6 Å². The number of fused-ring (bicyclic) bond motifs is 1. The molecule has 1 saturated carbocycles. The van der Waals surface area contributed by atoms with Crippen LogP contribution in [0.2, 0.25) is 0 Å². The standard InChI is InChI=1S/C26H29ClF3N5/c1-15(17(3)18-7-8-18)9-20(12-31)19-6-5-16(2)35(14-19)26(27,32)25(29,30)22-10-21-13-34(4)33-24(21)11-23(22)28/h5-6,9-15,17-18,31H,2,7-8,32H2,1,3-4H3. The number of nitrogens with one attached hydrogen (secondary N) is 1. The van der Waals surface area contributed by atoms with Gasteiger partial charge in [0, 0.05) is 42.8 Å². The lowest BCUT2D eigenvalue weighted by Crippen LogP contribution is -2.59. The highest BCUT2D eigenvalue weighted by molar-refractivity contribution is 6.24. The maximum absolute atomic E-state index is 15.8. The minimum Gasteiger partial charge on any atom is -0.311 e. The Hall–Kier alpha value is -2.84. The first-order valence-electron chi connectivity index (χ1n) is 11.5. The summed E-state index contributed by atoms with van der Waals surface area (Å²) in [5.74, 6) is -3.89. The number of alkyl halides is 3. The summed E-state index contributed by atoms with van der Waals surface area (Å²) < 4.78 is 47.8. The van der Waals surface area contributed by atoms with Crippen molar-refractivity contribution in [2.45, 2.75) is 37.7 Å². The number of nitrogens with zero attached hydrogens (tertiary/aromatic N) is 3. The normalized spacial score (nSPS) is 20.6. The fraction of sp³-hybridized carbons (Fsp3) is 0.385. The molecule has 0 bridgehead atoms. The van der Waals surface area contributed by atoms with E-state index in [4.69, 9.17) is 22.7 Å². The molecule has 0 spiro atoms. The first-order valence-corrected chi connectivity index (χ1v) is 11.8. The maximum atomic E-state index is 15.8. The Labute approximate surface area is 207 Å². The summed E-state index contributed by atoms with van der Waals surface area (Å²) in [6.45, 7) is 8.06. The first-order chi connectivity index (χ1) is 16.4. The van der Waals surface area contributed by atoms with Gasteiger partial charge in [-0.1, -0.05) is 44.2 Å². The molecule has 2 aromatic rings. The van der Waals surface area contributed by atoms with Crippen molar-refractivity contribution in [1.82, 2.24) is 14.7 Å². The predicted octanol–water partition coefficient (Wildman–Crippen LogP) is 6.18. The molecule has 9 heteroatoms. The van der Waals surface area contributed by atoms with Crippen molar-refractivity contribution in [1.29, 1.82) is 5.41 Å². The zero-order valence-electron chi connectivity index (χ0n) is 19.9. The third kappa shape index (κ3) is 4.57. The number of hydrogen-bond donors (Lipinski definition) is 2. The number of nitrogens with two attached hydrogens (primary N) is 1. The summed E-state index contributed by atoms with van der Waals surface area (Å²) >= 11 is 6.33. The largest absolute Gasteiger partial charge is 0.326 e. The van der Waals surface area contributed by atoms with Crippen LogP contribution in [0.5, 0.6) is 0 Å². The molecule has 3 unspecified atom stereocenters. The van der Waals surface area contributed by atoms with E-state index < -0.39 is 22.4 Å². The molecule has 3 atom stereocenters. The number of hydrogen-bond acceptors (Lipinski definition) is 4. The van der Waals surface area contributed by atoms with Crippen LogP contribution in [0.1, 0.15) is 32.3 Å². The van der Waals surface area contributed by atoms with Gasteiger partial charge < -0.3 is 10.3 Å². The maximum Gasteiger partial charge on any atom is 0.326 e. The van der Waals surface area contributed by atoms with Crippen LogP contribution in [0.3, 0.4) is 0 Å². The van der Waals surface area contributed by atoms with E-state index in [1.165, 1.54) is 42.2 Å². The second-order valence-electron chi connectivity index (χ2n) is 9.54. The highest BCUT2D eigenvalue weighted by Crippen LogP contribution is 2.46. The van der Waals surface area contributed by atoms with E-state index in [-0.39, 0.29) is 17.1 Å². The molecule has 0 saturated heterocycles. The van der Waals surface area contributed by atoms with E-state index in [2.05, 4.69) is 25.5 Å². The van der Waals surface area contributed by atoms with Gasteiger partial charge in [0.1, 0.15) is 5.82 Å². The minimum absolute atomic E-state index is 0.109. The molecule has 1 aromatic carbocycles. The van der Waals surface area contributed by atoms with Crippen LogP contribution in [0.4, 0.5) is 13.2 Å². The fourth-order valence-electron chi connectivity index (χ4n) is 4.47. The zero-order valence-corrected chi connectivity index (χ0v) is 20.7. The van der Waals surface area contributed by atoms with E-state index in [0.29, 0.717) is 28.4 Å². The summed E-state index contributed by atoms with van der Waals surface area (Å²) in [7, 11) is 1.61. The molecule has 2 aliphatic rings. The van der Waals surface area contributed by atoms with Crippen LogP contribution < -0.4 is 5.73 Å². The molecule has 0 radical (unpaired) electrons. The van der Waals surface area contributed by atoms with Gasteiger partial charge in [0.25, 0.3) is 0 Å². The Morgan fingerprint density at radius 2 is 2.00 bits per heavy atom. The van der Waals surface area contributed by atoms with Gasteiger partial charge in [0.05, 0.1) is 11.1 Å². The molecule has 3 N–H and O–H groups in total. The van der Waals surface area contributed by atoms with Gasteiger partial charge in [-0.25, -0.2) is 4.39 Å². The average Bonchev–Trinajstić information content (AvgIpc) is 3.58. The van der Waals surface area contributed by atoms with Crippen molar-refractivity contribution in [2.75, 3.05) is 0 Å². The Bertz CT molecular complexity index is 1270. The lowest BCUT2D eigenvalue weighted by Gasteiger charge is -2.42. The van der Waals surface area contributed by atoms with Crippen molar-refractivity contribution >= 4 is 28.7 Å². The molecule has 2 heterocycles. The van der Waals surface area contributed by atoms with E-state index in [0.717, 1.165) is 17.0 Å². The van der Waals surface area contributed by atoms with E-state index >= 15 is 8.78 Å². The molecule has 0 amide bonds. The van der Waals surface area contributed by atoms with E-state index in [1.54, 1.807) is 13.1 Å². The molecule has 1 aliphatic carbocycles. The summed E-state index contributed by atoms with van der Waals surface area (Å²) in [4.78, 5) is 0.934. The second-order valence-corrected chi connectivity index (χ2v) is 10.1. The topological polar surface area (TPSA) is 70.9 Å². The third-order valence-electron chi connectivity index (χ3n) is 7.00. The molecular weight excluding hydrogens is 475 g/mol. The van der Waals surface area contributed by atoms with Crippen molar-refractivity contribution in [3.63, 3.8) is 0 Å². The van der Waals surface area contributed by atoms with Crippen LogP contribution in [0.15, 0.2) is 66.2 Å². The number of benzene rings is 1. The molecule has 4 rings (SSSR count). The van der Waals surface area contributed by atoms with Gasteiger partial charge in [0.2, 0.25) is 5.12 Å². The lowest BCUT2D eigenvalue weighted by atomic mass is 9.88. The molecule has 1 aliphatic heterocycles. The summed E-state index contributed by atoms with van der Waals surface area (Å²) in [5.41, 5.74) is 6.49. The molecule has 35 heavy (non-hydrogen) atoms. The van der Waals surface area contributed by atoms with Gasteiger partial charge in [-0.3, -0.25) is 10.4 Å². The molecule has 1 fully saturated rings. The number of aromatic nitrogens is 2. The number of allylic oxidation sites excluding steroid dienone is 5. The first kappa shape index (κ1) is 25.3. The van der Waals surface area contributed by atoms with Crippen LogP contribution in [0, 0.1) is 29.0 Å². The summed E-state index contributed by atoms with van der Waals surface area (Å²) in [5, 5.41) is 9.41. The molecular formula is C26H29ClF3N5. The van der Waals surface area contributed by atoms with Crippen LogP contribution in [-0.4, -0.2) is 26.0 Å². The van der Waals surface area contributed by atoms with Gasteiger partial charge >= 0.3 is 5.92 Å². The van der Waals surface area contributed by atoms with Gasteiger partial charge in [-0.2, -0.15) is 13.9 Å². The molecule has 5 nitrogen and oxygen atoms in total. The van der Waals surface area contributed by atoms with Crippen LogP contribution in [-0.2, 0) is 13.0 Å². The second kappa shape index (κ2) is 8.99. The minimum atomic E-state index is -4.03. The fourth-order valence-corrected chi connectivity index (χ4v) is 4.73. The van der Waals surface area contributed by atoms with E-state index in [1.807, 2.05) is 6.08 Å². The monoisotopic (exact) mass is 503 g/mol. The Morgan fingerprint density at radius 3 is 2.63 bits per heavy atom. The highest BCUT2D eigenvalue weighted by atomic mass is 35.5. The average molecular weight is 504 g/mol. The Morgan fingerprint density at radius 1 is 1.31 bits per heavy atom. The Kier molecular flexibility index (Phi) is 6.49. The van der Waals surface area contributed by atoms with Crippen molar-refractivity contribution < 1.29 is 13.2 Å². The van der Waals surface area contributed by atoms with Gasteiger partial charge in [-0.15, -0.1) is 0 Å². The highest BCUT2D eigenvalue weighted by Gasteiger charge is 2.57. The molecule has 1 aromatic heterocycles. The predicted molar refractivity (Wildman–Crippen MR) is 133 cm³/mol. The number of aryl methyl sites for hydroxylation is 1. The van der Waals surface area contributed by atoms with Gasteiger partial charge in [0.15, 0.2) is 0 Å². The summed E-state index contributed by atoms with van der Waals surface area (Å²) in [6, 6.07) is 1.95. The Balaban J connectivity index is 1.71. The zero-order chi connectivity index (χ0) is 25.7. The SMILES string of the molecule is C=C1C=CC(C(C=N)=CC(C)C(C)C2CC2)=CN1C(N)(Cl)C(F)(F)c1cc2cn(C)nc2cc1F. The summed E-state index contributed by atoms with van der Waals surface area (Å²) in [6.07, 6.45) is 11.6. The smallest absolute Gasteiger partial charge is 0.311 e. The van der Waals surface area contributed by atoms with Crippen molar-refractivity contribution in [3.8, 4) is 0 Å². The lowest BCUT2D eigenvalue weighted by molar-refractivity contribution is -0.0903. The van der Waals surface area contributed by atoms with Crippen LogP contribution >= 0.6 is 11.6 Å². The van der Waals surface area contributed by atoms with Gasteiger partial charge in [-0.05, 0) is 53.9 Å².